The number of nitrogens with zero attached hydrogens (tertiary/aromatic N) is 4. The van der Waals surface area contributed by atoms with Crippen LogP contribution in [0.1, 0.15) is 11.3 Å². The van der Waals surface area contributed by atoms with Crippen LogP contribution in [0.5, 0.6) is 5.75 Å². The first-order chi connectivity index (χ1) is 16.4. The number of nitro benzene ring substituents is 1. The van der Waals surface area contributed by atoms with Crippen molar-refractivity contribution in [1.29, 1.82) is 5.41 Å². The Morgan fingerprint density at radius 3 is 2.71 bits per heavy atom. The van der Waals surface area contributed by atoms with Gasteiger partial charge >= 0.3 is 0 Å². The lowest BCUT2D eigenvalue weighted by atomic mass is 10.1. The molecular weight excluding hydrogens is 458 g/mol. The third-order valence-corrected chi connectivity index (χ3v) is 6.01. The molecule has 11 heteroatoms. The molecule has 34 heavy (non-hydrogen) atoms. The summed E-state index contributed by atoms with van der Waals surface area (Å²) in [5, 5.41) is 26.7. The fourth-order valence-electron chi connectivity index (χ4n) is 3.40. The summed E-state index contributed by atoms with van der Waals surface area (Å²) in [7, 11) is 1.42. The van der Waals surface area contributed by atoms with E-state index in [0.29, 0.717) is 16.0 Å². The first kappa shape index (κ1) is 21.3. The number of ether oxygens (including phenoxy) is 1. The van der Waals surface area contributed by atoms with E-state index >= 15 is 0 Å². The number of hydrogen-bond acceptors (Lipinski definition) is 8. The molecule has 0 saturated heterocycles. The zero-order chi connectivity index (χ0) is 23.8. The number of hydrazone groups is 1. The molecule has 0 atom stereocenters. The minimum atomic E-state index is -0.596. The largest absolute Gasteiger partial charge is 0.497 e. The van der Waals surface area contributed by atoms with Crippen molar-refractivity contribution in [3.8, 4) is 17.1 Å². The number of nitrogens with one attached hydrogen (secondary N) is 1. The third-order valence-electron chi connectivity index (χ3n) is 5.06. The van der Waals surface area contributed by atoms with Crippen LogP contribution in [0.15, 0.2) is 80.7 Å². The molecule has 1 amide bonds. The quantitative estimate of drug-likeness (QED) is 0.327. The van der Waals surface area contributed by atoms with Gasteiger partial charge in [0.1, 0.15) is 22.3 Å². The van der Waals surface area contributed by atoms with Gasteiger partial charge in [0.15, 0.2) is 5.84 Å². The van der Waals surface area contributed by atoms with Crippen LogP contribution in [0, 0.1) is 15.5 Å². The molecule has 2 aliphatic rings. The number of nitro groups is 1. The highest BCUT2D eigenvalue weighted by molar-refractivity contribution is 8.27. The number of aliphatic imine (C=N–C) groups is 1. The number of hydrogen-bond donors (Lipinski definition) is 1. The molecule has 3 heterocycles. The molecule has 0 bridgehead atoms. The minimum absolute atomic E-state index is 0.00691. The number of fused-ring (bicyclic) bond motifs is 1. The standard InChI is InChI=1S/C23H15N5O5S/c1-32-14-7-9-16(18(12-14)28(30)31)19-10-8-15(33-19)11-17-20(24)27-23(25-21(17)29)34-22(26-27)13-5-3-2-4-6-13/h2-12,24H,1H3/b17-11+,24-20?. The molecule has 0 fully saturated rings. The Bertz CT molecular complexity index is 1440. The maximum absolute atomic E-state index is 12.7. The molecule has 1 aromatic heterocycles. The molecule has 5 rings (SSSR count). The molecule has 10 nitrogen and oxygen atoms in total. The average molecular weight is 473 g/mol. The molecule has 0 aliphatic carbocycles. The predicted octanol–water partition coefficient (Wildman–Crippen LogP) is 4.53. The van der Waals surface area contributed by atoms with Crippen molar-refractivity contribution in [1.82, 2.24) is 5.01 Å². The van der Waals surface area contributed by atoms with Crippen molar-refractivity contribution < 1.29 is 18.9 Å². The van der Waals surface area contributed by atoms with Crippen molar-refractivity contribution in [3.63, 3.8) is 0 Å². The number of carbonyl (C=O) groups is 1. The summed E-state index contributed by atoms with van der Waals surface area (Å²) in [4.78, 5) is 27.7. The van der Waals surface area contributed by atoms with Gasteiger partial charge < -0.3 is 9.15 Å². The van der Waals surface area contributed by atoms with Crippen LogP contribution in [0.4, 0.5) is 5.69 Å². The summed E-state index contributed by atoms with van der Waals surface area (Å²) < 4.78 is 10.8. The number of methoxy groups -OCH3 is 1. The van der Waals surface area contributed by atoms with Crippen LogP contribution in [0.25, 0.3) is 17.4 Å². The van der Waals surface area contributed by atoms with Crippen LogP contribution < -0.4 is 4.74 Å². The van der Waals surface area contributed by atoms with E-state index in [4.69, 9.17) is 14.6 Å². The second-order valence-electron chi connectivity index (χ2n) is 7.13. The van der Waals surface area contributed by atoms with Crippen molar-refractivity contribution in [2.24, 2.45) is 10.1 Å². The number of amides is 1. The monoisotopic (exact) mass is 473 g/mol. The van der Waals surface area contributed by atoms with Gasteiger partial charge in [-0.25, -0.2) is 0 Å². The highest BCUT2D eigenvalue weighted by atomic mass is 32.2. The Balaban J connectivity index is 1.46. The first-order valence-electron chi connectivity index (χ1n) is 9.93. The molecule has 0 spiro atoms. The number of carbonyl (C=O) groups excluding carboxylic acids is 1. The van der Waals surface area contributed by atoms with Gasteiger partial charge in [0.05, 0.1) is 29.2 Å². The normalized spacial score (nSPS) is 16.4. The Morgan fingerprint density at radius 2 is 1.97 bits per heavy atom. The van der Waals surface area contributed by atoms with Gasteiger partial charge in [-0.05, 0) is 42.1 Å². The van der Waals surface area contributed by atoms with Crippen molar-refractivity contribution >= 4 is 45.5 Å². The molecule has 0 saturated carbocycles. The van der Waals surface area contributed by atoms with E-state index in [1.807, 2.05) is 30.3 Å². The molecule has 2 aliphatic heterocycles. The van der Waals surface area contributed by atoms with Gasteiger partial charge in [-0.2, -0.15) is 15.1 Å². The first-order valence-corrected chi connectivity index (χ1v) is 10.7. The van der Waals surface area contributed by atoms with Crippen LogP contribution in [0.2, 0.25) is 0 Å². The molecule has 0 radical (unpaired) electrons. The van der Waals surface area contributed by atoms with Gasteiger partial charge in [0.2, 0.25) is 5.17 Å². The Hall–Kier alpha value is -4.51. The predicted molar refractivity (Wildman–Crippen MR) is 128 cm³/mol. The second-order valence-corrected chi connectivity index (χ2v) is 8.09. The molecule has 3 aromatic rings. The van der Waals surface area contributed by atoms with Crippen LogP contribution in [0.3, 0.4) is 0 Å². The van der Waals surface area contributed by atoms with E-state index in [1.165, 1.54) is 42.1 Å². The van der Waals surface area contributed by atoms with Gasteiger partial charge in [-0.1, -0.05) is 30.3 Å². The summed E-state index contributed by atoms with van der Waals surface area (Å²) in [5.41, 5.74) is 0.925. The Morgan fingerprint density at radius 1 is 1.18 bits per heavy atom. The molecule has 0 unspecified atom stereocenters. The minimum Gasteiger partial charge on any atom is -0.497 e. The summed E-state index contributed by atoms with van der Waals surface area (Å²) in [6, 6.07) is 17.0. The molecule has 1 N–H and O–H groups in total. The number of rotatable bonds is 5. The Labute approximate surface area is 196 Å². The van der Waals surface area contributed by atoms with Crippen LogP contribution >= 0.6 is 11.8 Å². The second kappa shape index (κ2) is 8.45. The van der Waals surface area contributed by atoms with Crippen LogP contribution in [-0.2, 0) is 4.79 Å². The van der Waals surface area contributed by atoms with Gasteiger partial charge in [-0.15, -0.1) is 0 Å². The molecule has 168 valence electrons. The van der Waals surface area contributed by atoms with Gasteiger partial charge in [0.25, 0.3) is 11.6 Å². The lowest BCUT2D eigenvalue weighted by molar-refractivity contribution is -0.384. The molecule has 2 aromatic carbocycles. The van der Waals surface area contributed by atoms with E-state index < -0.39 is 10.8 Å². The van der Waals surface area contributed by atoms with E-state index in [1.54, 1.807) is 18.2 Å². The summed E-state index contributed by atoms with van der Waals surface area (Å²) in [6.45, 7) is 0. The summed E-state index contributed by atoms with van der Waals surface area (Å²) >= 11 is 1.21. The topological polar surface area (TPSA) is 134 Å². The zero-order valence-corrected chi connectivity index (χ0v) is 18.4. The lowest BCUT2D eigenvalue weighted by Crippen LogP contribution is -2.35. The van der Waals surface area contributed by atoms with E-state index in [-0.39, 0.29) is 34.2 Å². The van der Waals surface area contributed by atoms with Gasteiger partial charge in [-0.3, -0.25) is 20.3 Å². The maximum atomic E-state index is 12.7. The third kappa shape index (κ3) is 3.77. The highest BCUT2D eigenvalue weighted by Crippen LogP contribution is 2.35. The Kier molecular flexibility index (Phi) is 5.30. The number of thioether (sulfide) groups is 1. The van der Waals surface area contributed by atoms with E-state index in [9.17, 15) is 14.9 Å². The maximum Gasteiger partial charge on any atom is 0.284 e. The smallest absolute Gasteiger partial charge is 0.284 e. The number of furan rings is 1. The highest BCUT2D eigenvalue weighted by Gasteiger charge is 2.36. The van der Waals surface area contributed by atoms with Crippen molar-refractivity contribution in [3.05, 3.63) is 87.7 Å². The number of amidine groups is 2. The van der Waals surface area contributed by atoms with Crippen LogP contribution in [-0.4, -0.2) is 39.0 Å². The van der Waals surface area contributed by atoms with Gasteiger partial charge in [0, 0.05) is 5.56 Å². The fourth-order valence-corrected chi connectivity index (χ4v) is 4.30. The molecular formula is C23H15N5O5S. The number of benzene rings is 2. The van der Waals surface area contributed by atoms with Crippen molar-refractivity contribution in [2.75, 3.05) is 7.11 Å². The summed E-state index contributed by atoms with van der Waals surface area (Å²) in [6.07, 6.45) is 1.38. The summed E-state index contributed by atoms with van der Waals surface area (Å²) in [5.74, 6) is 0.0916. The van der Waals surface area contributed by atoms with Crippen molar-refractivity contribution in [2.45, 2.75) is 0 Å². The average Bonchev–Trinajstić information content (AvgIpc) is 3.49. The van der Waals surface area contributed by atoms with E-state index in [0.717, 1.165) is 5.56 Å². The fraction of sp³-hybridized carbons (Fsp3) is 0.0435. The zero-order valence-electron chi connectivity index (χ0n) is 17.6. The van der Waals surface area contributed by atoms with E-state index in [2.05, 4.69) is 10.1 Å². The lowest BCUT2D eigenvalue weighted by Gasteiger charge is -2.19. The SMILES string of the molecule is COc1ccc(-c2ccc(/C=C3\C(=N)N4N=C(c5ccccc5)SC4=NC3=O)o2)c([N+](=O)[O-])c1.